The summed E-state index contributed by atoms with van der Waals surface area (Å²) < 4.78 is 0. The van der Waals surface area contributed by atoms with Crippen molar-refractivity contribution in [2.45, 2.75) is 46.1 Å². The second kappa shape index (κ2) is 4.31. The molecule has 2 fully saturated rings. The molecular formula is C13H22N2O2. The van der Waals surface area contributed by atoms with Crippen LogP contribution < -0.4 is 5.32 Å². The Morgan fingerprint density at radius 1 is 1.18 bits per heavy atom. The van der Waals surface area contributed by atoms with Crippen LogP contribution in [0.5, 0.6) is 0 Å². The standard InChI is InChI=1S/C13H22N2O2/c1-13(2,3)12(17)14-10-6-7-15(8-10)11(16)9-4-5-9/h9-10H,4-8H2,1-3H3,(H,14,17). The van der Waals surface area contributed by atoms with E-state index in [0.717, 1.165) is 25.8 Å². The highest BCUT2D eigenvalue weighted by molar-refractivity contribution is 5.83. The predicted molar refractivity (Wildman–Crippen MR) is 65.3 cm³/mol. The molecule has 1 atom stereocenters. The summed E-state index contributed by atoms with van der Waals surface area (Å²) in [7, 11) is 0. The number of nitrogens with zero attached hydrogens (tertiary/aromatic N) is 1. The maximum Gasteiger partial charge on any atom is 0.225 e. The first kappa shape index (κ1) is 12.4. The quantitative estimate of drug-likeness (QED) is 0.785. The van der Waals surface area contributed by atoms with E-state index in [4.69, 9.17) is 0 Å². The summed E-state index contributed by atoms with van der Waals surface area (Å²) in [4.78, 5) is 25.6. The van der Waals surface area contributed by atoms with Crippen LogP contribution in [0.1, 0.15) is 40.0 Å². The van der Waals surface area contributed by atoms with Gasteiger partial charge in [0.05, 0.1) is 0 Å². The molecule has 0 aromatic carbocycles. The van der Waals surface area contributed by atoms with Crippen LogP contribution >= 0.6 is 0 Å². The number of amides is 2. The largest absolute Gasteiger partial charge is 0.351 e. The first-order chi connectivity index (χ1) is 7.88. The van der Waals surface area contributed by atoms with Crippen LogP contribution in [0.3, 0.4) is 0 Å². The third-order valence-electron chi connectivity index (χ3n) is 3.44. The molecule has 0 aromatic rings. The third-order valence-corrected chi connectivity index (χ3v) is 3.44. The second-order valence-corrected chi connectivity index (χ2v) is 6.27. The third kappa shape index (κ3) is 2.99. The Labute approximate surface area is 103 Å². The van der Waals surface area contributed by atoms with Gasteiger partial charge < -0.3 is 10.2 Å². The molecule has 0 spiro atoms. The number of likely N-dealkylation sites (tertiary alicyclic amines) is 1. The second-order valence-electron chi connectivity index (χ2n) is 6.27. The monoisotopic (exact) mass is 238 g/mol. The molecule has 17 heavy (non-hydrogen) atoms. The summed E-state index contributed by atoms with van der Waals surface area (Å²) in [5.74, 6) is 0.646. The molecule has 1 unspecified atom stereocenters. The van der Waals surface area contributed by atoms with Crippen molar-refractivity contribution < 1.29 is 9.59 Å². The van der Waals surface area contributed by atoms with E-state index < -0.39 is 0 Å². The Morgan fingerprint density at radius 2 is 1.82 bits per heavy atom. The van der Waals surface area contributed by atoms with Gasteiger partial charge >= 0.3 is 0 Å². The number of hydrogen-bond acceptors (Lipinski definition) is 2. The van der Waals surface area contributed by atoms with Crippen LogP contribution in [0.15, 0.2) is 0 Å². The predicted octanol–water partition coefficient (Wildman–Crippen LogP) is 1.16. The number of rotatable bonds is 2. The summed E-state index contributed by atoms with van der Waals surface area (Å²) in [6, 6.07) is 0.143. The van der Waals surface area contributed by atoms with Crippen molar-refractivity contribution in [2.75, 3.05) is 13.1 Å². The zero-order chi connectivity index (χ0) is 12.6. The number of hydrogen-bond donors (Lipinski definition) is 1. The Kier molecular flexibility index (Phi) is 3.15. The molecule has 1 aliphatic heterocycles. The molecule has 96 valence electrons. The molecule has 4 nitrogen and oxygen atoms in total. The minimum atomic E-state index is -0.353. The SMILES string of the molecule is CC(C)(C)C(=O)NC1CCN(C(=O)C2CC2)C1. The first-order valence-electron chi connectivity index (χ1n) is 6.47. The van der Waals surface area contributed by atoms with Crippen LogP contribution in [0.25, 0.3) is 0 Å². The van der Waals surface area contributed by atoms with Gasteiger partial charge in [-0.25, -0.2) is 0 Å². The fraction of sp³-hybridized carbons (Fsp3) is 0.846. The van der Waals surface area contributed by atoms with Gasteiger partial charge in [-0.15, -0.1) is 0 Å². The van der Waals surface area contributed by atoms with Gasteiger partial charge in [-0.1, -0.05) is 20.8 Å². The number of nitrogens with one attached hydrogen (secondary N) is 1. The van der Waals surface area contributed by atoms with E-state index in [1.165, 1.54) is 0 Å². The Morgan fingerprint density at radius 3 is 2.35 bits per heavy atom. The first-order valence-corrected chi connectivity index (χ1v) is 6.47. The van der Waals surface area contributed by atoms with Gasteiger partial charge in [-0.3, -0.25) is 9.59 Å². The van der Waals surface area contributed by atoms with E-state index in [9.17, 15) is 9.59 Å². The van der Waals surface area contributed by atoms with Crippen molar-refractivity contribution in [3.63, 3.8) is 0 Å². The lowest BCUT2D eigenvalue weighted by atomic mass is 9.95. The van der Waals surface area contributed by atoms with E-state index in [2.05, 4.69) is 5.32 Å². The average molecular weight is 238 g/mol. The Balaban J connectivity index is 1.81. The summed E-state index contributed by atoms with van der Waals surface area (Å²) >= 11 is 0. The molecule has 2 aliphatic rings. The lowest BCUT2D eigenvalue weighted by Crippen LogP contribution is -2.43. The van der Waals surface area contributed by atoms with Gasteiger partial charge in [0.2, 0.25) is 11.8 Å². The van der Waals surface area contributed by atoms with Crippen molar-refractivity contribution in [2.24, 2.45) is 11.3 Å². The van der Waals surface area contributed by atoms with Gasteiger partial charge in [-0.05, 0) is 19.3 Å². The summed E-state index contributed by atoms with van der Waals surface area (Å²) in [6.07, 6.45) is 2.99. The fourth-order valence-electron chi connectivity index (χ4n) is 2.07. The number of carbonyl (C=O) groups is 2. The number of carbonyl (C=O) groups excluding carboxylic acids is 2. The molecule has 4 heteroatoms. The zero-order valence-corrected chi connectivity index (χ0v) is 11.0. The van der Waals surface area contributed by atoms with Crippen molar-refractivity contribution in [1.82, 2.24) is 10.2 Å². The van der Waals surface area contributed by atoms with Crippen molar-refractivity contribution in [3.8, 4) is 0 Å². The van der Waals surface area contributed by atoms with Gasteiger partial charge in [0.1, 0.15) is 0 Å². The minimum Gasteiger partial charge on any atom is -0.351 e. The van der Waals surface area contributed by atoms with Crippen LogP contribution in [-0.4, -0.2) is 35.8 Å². The molecule has 2 amide bonds. The highest BCUT2D eigenvalue weighted by Gasteiger charge is 2.37. The molecule has 1 N–H and O–H groups in total. The van der Waals surface area contributed by atoms with Gasteiger partial charge in [-0.2, -0.15) is 0 Å². The van der Waals surface area contributed by atoms with Crippen LogP contribution in [0.2, 0.25) is 0 Å². The summed E-state index contributed by atoms with van der Waals surface area (Å²) in [5, 5.41) is 3.03. The summed E-state index contributed by atoms with van der Waals surface area (Å²) in [6.45, 7) is 7.21. The smallest absolute Gasteiger partial charge is 0.225 e. The molecule has 0 radical (unpaired) electrons. The van der Waals surface area contributed by atoms with E-state index in [1.54, 1.807) is 0 Å². The molecule has 2 rings (SSSR count). The molecule has 1 heterocycles. The van der Waals surface area contributed by atoms with Crippen LogP contribution in [0, 0.1) is 11.3 Å². The molecule has 0 bridgehead atoms. The highest BCUT2D eigenvalue weighted by atomic mass is 16.2. The molecule has 1 aliphatic carbocycles. The van der Waals surface area contributed by atoms with Crippen molar-refractivity contribution in [1.29, 1.82) is 0 Å². The Bertz CT molecular complexity index is 329. The Hall–Kier alpha value is -1.06. The molecule has 0 aromatic heterocycles. The zero-order valence-electron chi connectivity index (χ0n) is 11.0. The van der Waals surface area contributed by atoms with Crippen LogP contribution in [0.4, 0.5) is 0 Å². The maximum atomic E-state index is 11.8. The maximum absolute atomic E-state index is 11.8. The van der Waals surface area contributed by atoms with E-state index in [1.807, 2.05) is 25.7 Å². The molecule has 1 saturated carbocycles. The van der Waals surface area contributed by atoms with Gasteiger partial charge in [0, 0.05) is 30.5 Å². The minimum absolute atomic E-state index is 0.0724. The van der Waals surface area contributed by atoms with Gasteiger partial charge in [0.25, 0.3) is 0 Å². The van der Waals surface area contributed by atoms with E-state index >= 15 is 0 Å². The lowest BCUT2D eigenvalue weighted by molar-refractivity contribution is -0.132. The normalized spacial score (nSPS) is 24.9. The fourth-order valence-corrected chi connectivity index (χ4v) is 2.07. The highest BCUT2D eigenvalue weighted by Crippen LogP contribution is 2.32. The molecule has 1 saturated heterocycles. The molecular weight excluding hydrogens is 216 g/mol. The van der Waals surface area contributed by atoms with Crippen LogP contribution in [-0.2, 0) is 9.59 Å². The lowest BCUT2D eigenvalue weighted by Gasteiger charge is -2.22. The van der Waals surface area contributed by atoms with E-state index in [0.29, 0.717) is 6.54 Å². The van der Waals surface area contributed by atoms with Gasteiger partial charge in [0.15, 0.2) is 0 Å². The summed E-state index contributed by atoms with van der Waals surface area (Å²) in [5.41, 5.74) is -0.353. The van der Waals surface area contributed by atoms with E-state index in [-0.39, 0.29) is 29.2 Å². The average Bonchev–Trinajstić information content (AvgIpc) is 2.97. The van der Waals surface area contributed by atoms with Crippen molar-refractivity contribution >= 4 is 11.8 Å². The topological polar surface area (TPSA) is 49.4 Å². The van der Waals surface area contributed by atoms with Crippen molar-refractivity contribution in [3.05, 3.63) is 0 Å².